The predicted octanol–water partition coefficient (Wildman–Crippen LogP) is 1.79. The smallest absolute Gasteiger partial charge is 0.274 e. The van der Waals surface area contributed by atoms with Crippen molar-refractivity contribution < 1.29 is 9.53 Å². The van der Waals surface area contributed by atoms with Crippen LogP contribution in [0.2, 0.25) is 0 Å². The summed E-state index contributed by atoms with van der Waals surface area (Å²) in [6, 6.07) is 7.75. The SMILES string of the molecule is Cc1c(C(=O)NC(C)CN2CCOCC2)nnn1-c1cccc(Br)c1. The first-order chi connectivity index (χ1) is 12.0. The number of nitrogens with zero attached hydrogens (tertiary/aromatic N) is 4. The van der Waals surface area contributed by atoms with Crippen molar-refractivity contribution in [2.24, 2.45) is 0 Å². The zero-order valence-electron chi connectivity index (χ0n) is 14.4. The van der Waals surface area contributed by atoms with Gasteiger partial charge >= 0.3 is 0 Å². The van der Waals surface area contributed by atoms with Gasteiger partial charge in [-0.3, -0.25) is 9.69 Å². The number of rotatable bonds is 5. The quantitative estimate of drug-likeness (QED) is 0.817. The highest BCUT2D eigenvalue weighted by atomic mass is 79.9. The van der Waals surface area contributed by atoms with Gasteiger partial charge in [0.05, 0.1) is 24.6 Å². The number of ether oxygens (including phenoxy) is 1. The fraction of sp³-hybridized carbons (Fsp3) is 0.471. The van der Waals surface area contributed by atoms with E-state index < -0.39 is 0 Å². The van der Waals surface area contributed by atoms with E-state index in [4.69, 9.17) is 4.74 Å². The van der Waals surface area contributed by atoms with Gasteiger partial charge in [0.1, 0.15) is 0 Å². The van der Waals surface area contributed by atoms with Crippen LogP contribution in [0.25, 0.3) is 5.69 Å². The molecular weight excluding hydrogens is 386 g/mol. The van der Waals surface area contributed by atoms with E-state index in [-0.39, 0.29) is 11.9 Å². The number of amides is 1. The average Bonchev–Trinajstić information content (AvgIpc) is 2.97. The van der Waals surface area contributed by atoms with E-state index in [1.165, 1.54) is 0 Å². The second kappa shape index (κ2) is 8.07. The van der Waals surface area contributed by atoms with Crippen molar-refractivity contribution >= 4 is 21.8 Å². The Hall–Kier alpha value is -1.77. The number of carbonyl (C=O) groups excluding carboxylic acids is 1. The maximum Gasteiger partial charge on any atom is 0.274 e. The zero-order chi connectivity index (χ0) is 17.8. The number of hydrogen-bond donors (Lipinski definition) is 1. The second-order valence-electron chi connectivity index (χ2n) is 6.20. The molecule has 0 aliphatic carbocycles. The van der Waals surface area contributed by atoms with E-state index in [0.717, 1.165) is 43.0 Å². The molecule has 0 radical (unpaired) electrons. The van der Waals surface area contributed by atoms with Crippen LogP contribution in [-0.4, -0.2) is 64.7 Å². The fourth-order valence-corrected chi connectivity index (χ4v) is 3.29. The van der Waals surface area contributed by atoms with Crippen LogP contribution in [0.3, 0.4) is 0 Å². The van der Waals surface area contributed by atoms with Gasteiger partial charge in [-0.2, -0.15) is 0 Å². The maximum absolute atomic E-state index is 12.5. The molecule has 2 aromatic rings. The van der Waals surface area contributed by atoms with E-state index in [0.29, 0.717) is 11.4 Å². The molecule has 1 saturated heterocycles. The number of halogens is 1. The number of morpholine rings is 1. The molecule has 0 bridgehead atoms. The summed E-state index contributed by atoms with van der Waals surface area (Å²) in [4.78, 5) is 14.8. The van der Waals surface area contributed by atoms with E-state index in [2.05, 4.69) is 36.5 Å². The van der Waals surface area contributed by atoms with Crippen LogP contribution < -0.4 is 5.32 Å². The molecule has 1 aromatic carbocycles. The summed E-state index contributed by atoms with van der Waals surface area (Å²) in [5, 5.41) is 11.2. The number of carbonyl (C=O) groups is 1. The van der Waals surface area contributed by atoms with Gasteiger partial charge in [0.15, 0.2) is 5.69 Å². The number of benzene rings is 1. The third-order valence-corrected chi connectivity index (χ3v) is 4.67. The van der Waals surface area contributed by atoms with Crippen LogP contribution in [0.1, 0.15) is 23.1 Å². The molecule has 7 nitrogen and oxygen atoms in total. The minimum atomic E-state index is -0.195. The largest absolute Gasteiger partial charge is 0.379 e. The molecule has 1 fully saturated rings. The second-order valence-corrected chi connectivity index (χ2v) is 7.12. The van der Waals surface area contributed by atoms with Crippen molar-refractivity contribution in [2.45, 2.75) is 19.9 Å². The Kier molecular flexibility index (Phi) is 5.82. The molecule has 1 aliphatic heterocycles. The molecule has 1 N–H and O–H groups in total. The van der Waals surface area contributed by atoms with Crippen molar-refractivity contribution in [1.82, 2.24) is 25.2 Å². The first-order valence-electron chi connectivity index (χ1n) is 8.34. The highest BCUT2D eigenvalue weighted by Gasteiger charge is 2.20. The Balaban J connectivity index is 1.66. The summed E-state index contributed by atoms with van der Waals surface area (Å²) in [6.45, 7) is 7.95. The van der Waals surface area contributed by atoms with Crippen molar-refractivity contribution in [2.75, 3.05) is 32.8 Å². The molecule has 8 heteroatoms. The molecule has 1 unspecified atom stereocenters. The highest BCUT2D eigenvalue weighted by Crippen LogP contribution is 2.17. The van der Waals surface area contributed by atoms with Gasteiger partial charge in [-0.25, -0.2) is 4.68 Å². The van der Waals surface area contributed by atoms with Crippen LogP contribution in [0.15, 0.2) is 28.7 Å². The fourth-order valence-electron chi connectivity index (χ4n) is 2.90. The zero-order valence-corrected chi connectivity index (χ0v) is 16.0. The predicted molar refractivity (Wildman–Crippen MR) is 98.0 cm³/mol. The molecule has 25 heavy (non-hydrogen) atoms. The van der Waals surface area contributed by atoms with Crippen molar-refractivity contribution in [1.29, 1.82) is 0 Å². The first-order valence-corrected chi connectivity index (χ1v) is 9.13. The van der Waals surface area contributed by atoms with Crippen LogP contribution >= 0.6 is 15.9 Å². The molecule has 0 spiro atoms. The van der Waals surface area contributed by atoms with Gasteiger partial charge in [0, 0.05) is 30.1 Å². The monoisotopic (exact) mass is 407 g/mol. The van der Waals surface area contributed by atoms with E-state index >= 15 is 0 Å². The van der Waals surface area contributed by atoms with Crippen LogP contribution in [0.5, 0.6) is 0 Å². The van der Waals surface area contributed by atoms with Crippen LogP contribution in [0.4, 0.5) is 0 Å². The molecule has 2 heterocycles. The minimum absolute atomic E-state index is 0.0287. The van der Waals surface area contributed by atoms with E-state index in [1.54, 1.807) is 4.68 Å². The minimum Gasteiger partial charge on any atom is -0.379 e. The summed E-state index contributed by atoms with van der Waals surface area (Å²) in [5.41, 5.74) is 1.93. The number of hydrogen-bond acceptors (Lipinski definition) is 5. The summed E-state index contributed by atoms with van der Waals surface area (Å²) in [7, 11) is 0. The Morgan fingerprint density at radius 2 is 2.16 bits per heavy atom. The standard InChI is InChI=1S/C17H22BrN5O2/c1-12(11-22-6-8-25-9-7-22)19-17(24)16-13(2)23(21-20-16)15-5-3-4-14(18)10-15/h3-5,10,12H,6-9,11H2,1-2H3,(H,19,24). The van der Waals surface area contributed by atoms with Crippen LogP contribution in [0, 0.1) is 6.92 Å². The Morgan fingerprint density at radius 3 is 2.88 bits per heavy atom. The van der Waals surface area contributed by atoms with Gasteiger partial charge in [0.2, 0.25) is 0 Å². The third-order valence-electron chi connectivity index (χ3n) is 4.18. The summed E-state index contributed by atoms with van der Waals surface area (Å²) < 4.78 is 7.97. The highest BCUT2D eigenvalue weighted by molar-refractivity contribution is 9.10. The molecular formula is C17H22BrN5O2. The van der Waals surface area contributed by atoms with Crippen molar-refractivity contribution in [3.05, 3.63) is 40.1 Å². The Morgan fingerprint density at radius 1 is 1.40 bits per heavy atom. The van der Waals surface area contributed by atoms with Crippen molar-refractivity contribution in [3.8, 4) is 5.69 Å². The maximum atomic E-state index is 12.5. The molecule has 1 amide bonds. The summed E-state index contributed by atoms with van der Waals surface area (Å²) in [6.07, 6.45) is 0. The lowest BCUT2D eigenvalue weighted by molar-refractivity contribution is 0.0342. The summed E-state index contributed by atoms with van der Waals surface area (Å²) in [5.74, 6) is -0.195. The van der Waals surface area contributed by atoms with E-state index in [1.807, 2.05) is 38.1 Å². The van der Waals surface area contributed by atoms with E-state index in [9.17, 15) is 4.79 Å². The molecule has 1 aromatic heterocycles. The summed E-state index contributed by atoms with van der Waals surface area (Å²) >= 11 is 3.45. The van der Waals surface area contributed by atoms with Gasteiger partial charge in [-0.1, -0.05) is 27.2 Å². The average molecular weight is 408 g/mol. The van der Waals surface area contributed by atoms with Crippen molar-refractivity contribution in [3.63, 3.8) is 0 Å². The Bertz CT molecular complexity index is 742. The van der Waals surface area contributed by atoms with Gasteiger partial charge in [0.25, 0.3) is 5.91 Å². The van der Waals surface area contributed by atoms with Gasteiger partial charge in [-0.15, -0.1) is 5.10 Å². The molecule has 1 aliphatic rings. The number of nitrogens with one attached hydrogen (secondary N) is 1. The number of aromatic nitrogens is 3. The van der Waals surface area contributed by atoms with Gasteiger partial charge < -0.3 is 10.1 Å². The molecule has 1 atom stereocenters. The normalized spacial score (nSPS) is 16.6. The third kappa shape index (κ3) is 4.45. The Labute approximate surface area is 155 Å². The lowest BCUT2D eigenvalue weighted by atomic mass is 10.2. The lowest BCUT2D eigenvalue weighted by Gasteiger charge is -2.29. The molecule has 3 rings (SSSR count). The lowest BCUT2D eigenvalue weighted by Crippen LogP contribution is -2.46. The molecule has 134 valence electrons. The first kappa shape index (κ1) is 18.0. The molecule has 0 saturated carbocycles. The topological polar surface area (TPSA) is 72.3 Å². The van der Waals surface area contributed by atoms with Gasteiger partial charge in [-0.05, 0) is 32.0 Å². The van der Waals surface area contributed by atoms with Crippen LogP contribution in [-0.2, 0) is 4.74 Å².